The van der Waals surface area contributed by atoms with Gasteiger partial charge in [-0.15, -0.1) is 0 Å². The minimum Gasteiger partial charge on any atom is -0.392 e. The summed E-state index contributed by atoms with van der Waals surface area (Å²) in [5.74, 6) is -0.246. The lowest BCUT2D eigenvalue weighted by molar-refractivity contribution is -0.128. The molecule has 1 aliphatic rings. The Bertz CT molecular complexity index is 657. The van der Waals surface area contributed by atoms with E-state index in [9.17, 15) is 9.90 Å². The van der Waals surface area contributed by atoms with Crippen molar-refractivity contribution in [3.63, 3.8) is 0 Å². The highest BCUT2D eigenvalue weighted by molar-refractivity contribution is 5.95. The zero-order valence-corrected chi connectivity index (χ0v) is 11.5. The fraction of sp³-hybridized carbons (Fsp3) is 0.250. The average Bonchev–Trinajstić information content (AvgIpc) is 2.54. The number of aromatic nitrogens is 1. The van der Waals surface area contributed by atoms with Crippen LogP contribution in [0.2, 0.25) is 0 Å². The molecule has 0 radical (unpaired) electrons. The monoisotopic (exact) mass is 284 g/mol. The highest BCUT2D eigenvalue weighted by atomic mass is 16.5. The zero-order chi connectivity index (χ0) is 14.7. The second-order valence-electron chi connectivity index (χ2n) is 4.88. The van der Waals surface area contributed by atoms with Gasteiger partial charge in [0, 0.05) is 11.8 Å². The van der Waals surface area contributed by atoms with E-state index in [1.54, 1.807) is 12.3 Å². The molecule has 5 nitrogen and oxygen atoms in total. The van der Waals surface area contributed by atoms with Gasteiger partial charge >= 0.3 is 0 Å². The number of benzene rings is 1. The Morgan fingerprint density at radius 2 is 2.24 bits per heavy atom. The van der Waals surface area contributed by atoms with Crippen LogP contribution < -0.4 is 5.32 Å². The number of ether oxygens (including phenoxy) is 1. The van der Waals surface area contributed by atoms with Crippen LogP contribution in [-0.4, -0.2) is 22.6 Å². The topological polar surface area (TPSA) is 71.5 Å². The molecule has 1 atom stereocenters. The van der Waals surface area contributed by atoms with Crippen molar-refractivity contribution in [1.82, 2.24) is 4.98 Å². The molecule has 21 heavy (non-hydrogen) atoms. The average molecular weight is 284 g/mol. The number of fused-ring (bicyclic) bond motifs is 1. The summed E-state index contributed by atoms with van der Waals surface area (Å²) >= 11 is 0. The lowest BCUT2D eigenvalue weighted by Crippen LogP contribution is -2.28. The number of nitrogens with one attached hydrogen (secondary N) is 1. The van der Waals surface area contributed by atoms with Crippen LogP contribution in [0.5, 0.6) is 0 Å². The third-order valence-corrected chi connectivity index (χ3v) is 3.57. The van der Waals surface area contributed by atoms with Crippen LogP contribution in [0, 0.1) is 0 Å². The second-order valence-corrected chi connectivity index (χ2v) is 4.88. The van der Waals surface area contributed by atoms with Crippen LogP contribution in [-0.2, 0) is 22.6 Å². The molecule has 5 heteroatoms. The summed E-state index contributed by atoms with van der Waals surface area (Å²) in [6.45, 7) is 0.370. The third kappa shape index (κ3) is 2.79. The van der Waals surface area contributed by atoms with Crippen LogP contribution in [0.3, 0.4) is 0 Å². The van der Waals surface area contributed by atoms with Gasteiger partial charge < -0.3 is 15.2 Å². The van der Waals surface area contributed by atoms with E-state index >= 15 is 0 Å². The number of amides is 1. The van der Waals surface area contributed by atoms with Crippen LogP contribution in [0.15, 0.2) is 42.7 Å². The van der Waals surface area contributed by atoms with Crippen LogP contribution in [0.1, 0.15) is 22.8 Å². The minimum absolute atomic E-state index is 0.153. The Labute approximate surface area is 122 Å². The standard InChI is InChI=1S/C16H16N2O3/c19-10-12-5-7-17-9-14(12)18-16(20)15-13-4-2-1-3-11(13)6-8-21-15/h1-5,7,9,15,19H,6,8,10H2,(H,18,20)/t15-/m0/s1. The first kappa shape index (κ1) is 13.7. The fourth-order valence-corrected chi connectivity index (χ4v) is 2.48. The number of anilines is 1. The van der Waals surface area contributed by atoms with Gasteiger partial charge in [-0.05, 0) is 23.6 Å². The van der Waals surface area contributed by atoms with Crippen molar-refractivity contribution in [3.05, 3.63) is 59.4 Å². The Kier molecular flexibility index (Phi) is 3.94. The number of hydrogen-bond donors (Lipinski definition) is 2. The number of pyridine rings is 1. The molecule has 0 aliphatic carbocycles. The molecule has 2 aromatic rings. The van der Waals surface area contributed by atoms with Gasteiger partial charge in [0.2, 0.25) is 0 Å². The molecule has 1 aromatic heterocycles. The van der Waals surface area contributed by atoms with Gasteiger partial charge in [0.15, 0.2) is 6.10 Å². The number of carbonyl (C=O) groups excluding carboxylic acids is 1. The van der Waals surface area contributed by atoms with Gasteiger partial charge in [0.25, 0.3) is 5.91 Å². The van der Waals surface area contributed by atoms with Crippen molar-refractivity contribution < 1.29 is 14.6 Å². The summed E-state index contributed by atoms with van der Waals surface area (Å²) in [6, 6.07) is 9.46. The summed E-state index contributed by atoms with van der Waals surface area (Å²) < 4.78 is 5.62. The molecule has 1 aromatic carbocycles. The Morgan fingerprint density at radius 3 is 3.10 bits per heavy atom. The number of aliphatic hydroxyl groups excluding tert-OH is 1. The van der Waals surface area contributed by atoms with Gasteiger partial charge in [0.05, 0.1) is 25.1 Å². The molecular weight excluding hydrogens is 268 g/mol. The van der Waals surface area contributed by atoms with Crippen molar-refractivity contribution in [2.75, 3.05) is 11.9 Å². The molecule has 0 saturated carbocycles. The van der Waals surface area contributed by atoms with Crippen LogP contribution >= 0.6 is 0 Å². The Hall–Kier alpha value is -2.24. The van der Waals surface area contributed by atoms with E-state index in [-0.39, 0.29) is 12.5 Å². The summed E-state index contributed by atoms with van der Waals surface area (Å²) in [6.07, 6.45) is 3.29. The zero-order valence-electron chi connectivity index (χ0n) is 11.5. The molecular formula is C16H16N2O3. The highest BCUT2D eigenvalue weighted by Gasteiger charge is 2.27. The van der Waals surface area contributed by atoms with E-state index in [1.807, 2.05) is 24.3 Å². The van der Waals surface area contributed by atoms with Crippen molar-refractivity contribution in [2.24, 2.45) is 0 Å². The molecule has 2 heterocycles. The summed E-state index contributed by atoms with van der Waals surface area (Å²) in [7, 11) is 0. The molecule has 0 bridgehead atoms. The largest absolute Gasteiger partial charge is 0.392 e. The number of aliphatic hydroxyl groups is 1. The quantitative estimate of drug-likeness (QED) is 0.902. The molecule has 108 valence electrons. The van der Waals surface area contributed by atoms with E-state index in [2.05, 4.69) is 10.3 Å². The van der Waals surface area contributed by atoms with E-state index in [0.717, 1.165) is 17.5 Å². The third-order valence-electron chi connectivity index (χ3n) is 3.57. The van der Waals surface area contributed by atoms with Crippen LogP contribution in [0.4, 0.5) is 5.69 Å². The summed E-state index contributed by atoms with van der Waals surface area (Å²) in [4.78, 5) is 16.4. The van der Waals surface area contributed by atoms with E-state index in [1.165, 1.54) is 6.20 Å². The number of carbonyl (C=O) groups is 1. The smallest absolute Gasteiger partial charge is 0.258 e. The van der Waals surface area contributed by atoms with Crippen molar-refractivity contribution in [3.8, 4) is 0 Å². The molecule has 0 unspecified atom stereocenters. The Morgan fingerprint density at radius 1 is 1.38 bits per heavy atom. The highest BCUT2D eigenvalue weighted by Crippen LogP contribution is 2.28. The predicted octanol–water partition coefficient (Wildman–Crippen LogP) is 1.83. The van der Waals surface area contributed by atoms with Gasteiger partial charge in [-0.25, -0.2) is 0 Å². The fourth-order valence-electron chi connectivity index (χ4n) is 2.48. The van der Waals surface area contributed by atoms with Crippen molar-refractivity contribution >= 4 is 11.6 Å². The first-order valence-electron chi connectivity index (χ1n) is 6.83. The summed E-state index contributed by atoms with van der Waals surface area (Å²) in [5, 5.41) is 12.1. The molecule has 0 spiro atoms. The molecule has 2 N–H and O–H groups in total. The number of hydrogen-bond acceptors (Lipinski definition) is 4. The lowest BCUT2D eigenvalue weighted by atomic mass is 9.97. The van der Waals surface area contributed by atoms with Crippen molar-refractivity contribution in [2.45, 2.75) is 19.1 Å². The number of rotatable bonds is 3. The molecule has 0 fully saturated rings. The maximum atomic E-state index is 12.5. The molecule has 1 amide bonds. The van der Waals surface area contributed by atoms with Crippen LogP contribution in [0.25, 0.3) is 0 Å². The Balaban J connectivity index is 1.84. The second kappa shape index (κ2) is 6.03. The molecule has 3 rings (SSSR count). The molecule has 0 saturated heterocycles. The van der Waals surface area contributed by atoms with Gasteiger partial charge in [-0.3, -0.25) is 9.78 Å². The maximum absolute atomic E-state index is 12.5. The van der Waals surface area contributed by atoms with E-state index in [0.29, 0.717) is 17.9 Å². The lowest BCUT2D eigenvalue weighted by Gasteiger charge is -2.25. The maximum Gasteiger partial charge on any atom is 0.258 e. The normalized spacial score (nSPS) is 17.1. The minimum atomic E-state index is -0.623. The van der Waals surface area contributed by atoms with E-state index < -0.39 is 6.10 Å². The summed E-state index contributed by atoms with van der Waals surface area (Å²) in [5.41, 5.74) is 3.17. The van der Waals surface area contributed by atoms with Gasteiger partial charge in [-0.2, -0.15) is 0 Å². The van der Waals surface area contributed by atoms with E-state index in [4.69, 9.17) is 4.74 Å². The predicted molar refractivity (Wildman–Crippen MR) is 77.6 cm³/mol. The first-order valence-corrected chi connectivity index (χ1v) is 6.83. The molecule has 1 aliphatic heterocycles. The van der Waals surface area contributed by atoms with Gasteiger partial charge in [-0.1, -0.05) is 24.3 Å². The first-order chi connectivity index (χ1) is 10.3. The van der Waals surface area contributed by atoms with Gasteiger partial charge in [0.1, 0.15) is 0 Å². The SMILES string of the molecule is O=C(Nc1cnccc1CO)[C@H]1OCCc2ccccc21. The van der Waals surface area contributed by atoms with Crippen molar-refractivity contribution in [1.29, 1.82) is 0 Å². The number of nitrogens with zero attached hydrogens (tertiary/aromatic N) is 1.